The molecule has 4 rings (SSSR count). The van der Waals surface area contributed by atoms with Crippen LogP contribution in [0.4, 0.5) is 0 Å². The summed E-state index contributed by atoms with van der Waals surface area (Å²) >= 11 is 0. The van der Waals surface area contributed by atoms with Crippen LogP contribution in [0, 0.1) is 0 Å². The summed E-state index contributed by atoms with van der Waals surface area (Å²) in [5.74, 6) is 0. The van der Waals surface area contributed by atoms with Crippen LogP contribution >= 0.6 is 21.6 Å². The lowest BCUT2D eigenvalue weighted by Crippen LogP contribution is -1.86. The van der Waals surface area contributed by atoms with Crippen LogP contribution in [0.1, 0.15) is 16.4 Å². The van der Waals surface area contributed by atoms with E-state index in [0.29, 0.717) is 5.25 Å². The van der Waals surface area contributed by atoms with Crippen LogP contribution < -0.4 is 0 Å². The van der Waals surface area contributed by atoms with Gasteiger partial charge in [-0.05, 0) is 17.2 Å². The summed E-state index contributed by atoms with van der Waals surface area (Å²) in [6.45, 7) is 0. The minimum absolute atomic E-state index is 0.273. The van der Waals surface area contributed by atoms with Gasteiger partial charge in [-0.25, -0.2) is 0 Å². The van der Waals surface area contributed by atoms with Crippen LogP contribution in [-0.2, 0) is 8.96 Å². The molecular weight excluding hydrogens is 300 g/mol. The van der Waals surface area contributed by atoms with Crippen molar-refractivity contribution in [2.24, 2.45) is 0 Å². The van der Waals surface area contributed by atoms with E-state index in [1.165, 1.54) is 20.9 Å². The second kappa shape index (κ2) is 5.40. The number of fused-ring (bicyclic) bond motifs is 1. The third-order valence-corrected chi connectivity index (χ3v) is 10.1. The lowest BCUT2D eigenvalue weighted by Gasteiger charge is -2.03. The molecule has 0 amide bonds. The summed E-state index contributed by atoms with van der Waals surface area (Å²) < 4.78 is 0. The van der Waals surface area contributed by atoms with Gasteiger partial charge in [-0.2, -0.15) is 0 Å². The van der Waals surface area contributed by atoms with E-state index in [0.717, 1.165) is 0 Å². The molecule has 2 unspecified atom stereocenters. The second-order valence-electron chi connectivity index (χ2n) is 4.69. The largest absolute Gasteiger partial charge is 0.180 e. The molecule has 0 aromatic heterocycles. The SMILES string of the molecule is C1=C(c2ccccc2)S[S+]2SC(c3ccccc3)C=C12. The van der Waals surface area contributed by atoms with E-state index in [1.807, 2.05) is 10.8 Å². The van der Waals surface area contributed by atoms with Crippen LogP contribution in [0.5, 0.6) is 0 Å². The van der Waals surface area contributed by atoms with Crippen molar-refractivity contribution in [2.75, 3.05) is 0 Å². The molecule has 0 saturated heterocycles. The average molecular weight is 313 g/mol. The van der Waals surface area contributed by atoms with E-state index in [2.05, 4.69) is 83.6 Å². The Morgan fingerprint density at radius 3 is 2.25 bits per heavy atom. The van der Waals surface area contributed by atoms with Crippen molar-refractivity contribution >= 4 is 35.5 Å². The van der Waals surface area contributed by atoms with Crippen LogP contribution in [0.15, 0.2) is 77.7 Å². The van der Waals surface area contributed by atoms with Gasteiger partial charge >= 0.3 is 0 Å². The third-order valence-electron chi connectivity index (χ3n) is 3.32. The quantitative estimate of drug-likeness (QED) is 0.523. The van der Waals surface area contributed by atoms with Crippen molar-refractivity contribution in [3.8, 4) is 0 Å². The molecule has 20 heavy (non-hydrogen) atoms. The second-order valence-corrected chi connectivity index (χ2v) is 10.6. The normalized spacial score (nSPS) is 24.2. The van der Waals surface area contributed by atoms with E-state index in [9.17, 15) is 0 Å². The van der Waals surface area contributed by atoms with Gasteiger partial charge in [0.2, 0.25) is 0 Å². The molecular formula is C17H13S3+. The van der Waals surface area contributed by atoms with Crippen molar-refractivity contribution < 1.29 is 0 Å². The lowest BCUT2D eigenvalue weighted by molar-refractivity contribution is 1.24. The Kier molecular flexibility index (Phi) is 3.42. The highest BCUT2D eigenvalue weighted by molar-refractivity contribution is 9.10. The Morgan fingerprint density at radius 2 is 1.55 bits per heavy atom. The van der Waals surface area contributed by atoms with Gasteiger partial charge in [0.15, 0.2) is 13.9 Å². The zero-order valence-electron chi connectivity index (χ0n) is 10.7. The van der Waals surface area contributed by atoms with Crippen molar-refractivity contribution in [3.05, 3.63) is 88.8 Å². The van der Waals surface area contributed by atoms with Crippen LogP contribution in [-0.4, -0.2) is 0 Å². The summed E-state index contributed by atoms with van der Waals surface area (Å²) in [6, 6.07) is 21.5. The van der Waals surface area contributed by atoms with Gasteiger partial charge in [-0.1, -0.05) is 60.7 Å². The first-order valence-electron chi connectivity index (χ1n) is 6.54. The molecule has 0 spiro atoms. The number of benzene rings is 2. The van der Waals surface area contributed by atoms with E-state index in [1.54, 1.807) is 0 Å². The topological polar surface area (TPSA) is 0 Å². The van der Waals surface area contributed by atoms with Gasteiger partial charge in [0.1, 0.15) is 26.8 Å². The summed E-state index contributed by atoms with van der Waals surface area (Å²) in [5, 5.41) is 0.524. The lowest BCUT2D eigenvalue weighted by atomic mass is 10.1. The minimum Gasteiger partial charge on any atom is -0.0622 e. The molecule has 2 aliphatic rings. The first-order valence-corrected chi connectivity index (χ1v) is 10.5. The fourth-order valence-electron chi connectivity index (χ4n) is 2.31. The fourth-order valence-corrected chi connectivity index (χ4v) is 9.53. The van der Waals surface area contributed by atoms with Gasteiger partial charge in [-0.15, -0.1) is 0 Å². The van der Waals surface area contributed by atoms with Crippen LogP contribution in [0.2, 0.25) is 0 Å². The number of hydrogen-bond donors (Lipinski definition) is 0. The van der Waals surface area contributed by atoms with E-state index in [4.69, 9.17) is 0 Å². The Labute approximate surface area is 129 Å². The zero-order chi connectivity index (χ0) is 13.4. The molecule has 2 atom stereocenters. The van der Waals surface area contributed by atoms with Gasteiger partial charge < -0.3 is 0 Å². The zero-order valence-corrected chi connectivity index (χ0v) is 13.2. The molecule has 0 aliphatic carbocycles. The first-order chi connectivity index (χ1) is 9.90. The van der Waals surface area contributed by atoms with Crippen LogP contribution in [0.3, 0.4) is 0 Å². The number of rotatable bonds is 2. The molecule has 3 heteroatoms. The maximum Gasteiger partial charge on any atom is 0.180 e. The van der Waals surface area contributed by atoms with E-state index in [-0.39, 0.29) is 8.96 Å². The molecule has 0 radical (unpaired) electrons. The fraction of sp³-hybridized carbons (Fsp3) is 0.0588. The minimum atomic E-state index is 0.273. The third kappa shape index (κ3) is 2.34. The summed E-state index contributed by atoms with van der Waals surface area (Å²) in [5.41, 5.74) is 2.76. The predicted octanol–water partition coefficient (Wildman–Crippen LogP) is 5.59. The Hall–Kier alpha value is -1.03. The molecule has 2 aromatic carbocycles. The molecule has 0 N–H and O–H groups in total. The monoisotopic (exact) mass is 313 g/mol. The van der Waals surface area contributed by atoms with Crippen molar-refractivity contribution in [1.29, 1.82) is 0 Å². The molecule has 0 bridgehead atoms. The summed E-state index contributed by atoms with van der Waals surface area (Å²) in [6.07, 6.45) is 4.81. The van der Waals surface area contributed by atoms with Gasteiger partial charge in [0.25, 0.3) is 0 Å². The molecule has 98 valence electrons. The van der Waals surface area contributed by atoms with Gasteiger partial charge in [0, 0.05) is 6.08 Å². The van der Waals surface area contributed by atoms with E-state index < -0.39 is 0 Å². The number of allylic oxidation sites excluding steroid dienone is 1. The highest BCUT2D eigenvalue weighted by Crippen LogP contribution is 2.59. The maximum absolute atomic E-state index is 2.44. The van der Waals surface area contributed by atoms with E-state index >= 15 is 0 Å². The smallest absolute Gasteiger partial charge is 0.0622 e. The molecule has 2 aromatic rings. The summed E-state index contributed by atoms with van der Waals surface area (Å²) in [7, 11) is 4.37. The molecule has 0 nitrogen and oxygen atoms in total. The average Bonchev–Trinajstić information content (AvgIpc) is 3.08. The van der Waals surface area contributed by atoms with Crippen molar-refractivity contribution in [3.63, 3.8) is 0 Å². The summed E-state index contributed by atoms with van der Waals surface area (Å²) in [4.78, 5) is 2.92. The molecule has 2 heterocycles. The van der Waals surface area contributed by atoms with Gasteiger partial charge in [-0.3, -0.25) is 0 Å². The molecule has 0 fully saturated rings. The van der Waals surface area contributed by atoms with Crippen LogP contribution in [0.25, 0.3) is 4.91 Å². The Bertz CT molecular complexity index is 674. The Balaban J connectivity index is 1.61. The highest BCUT2D eigenvalue weighted by atomic mass is 33.5. The van der Waals surface area contributed by atoms with Crippen molar-refractivity contribution in [1.82, 2.24) is 0 Å². The standard InChI is InChI=1S/C17H13S3/c1-3-7-13(8-4-1)16-11-15-12-17(19-20(15)18-16)14-9-5-2-6-10-14/h1-12,16H/q+1. The Morgan fingerprint density at radius 1 is 0.850 bits per heavy atom. The maximum atomic E-state index is 2.44. The predicted molar refractivity (Wildman–Crippen MR) is 94.2 cm³/mol. The molecule has 0 saturated carbocycles. The highest BCUT2D eigenvalue weighted by Gasteiger charge is 2.45. The first kappa shape index (κ1) is 12.7. The number of hydrogen-bond acceptors (Lipinski definition) is 2. The van der Waals surface area contributed by atoms with Crippen molar-refractivity contribution in [2.45, 2.75) is 5.25 Å². The van der Waals surface area contributed by atoms with Gasteiger partial charge in [0.05, 0.1) is 4.91 Å². The molecule has 2 aliphatic heterocycles.